The summed E-state index contributed by atoms with van der Waals surface area (Å²) in [6, 6.07) is 7.23. The standard InChI is InChI=1S/C20H28N6O4S/c1-12-7-13(2)23-19(22-12)25-18(21-11-17(29-5)30-6)26-20(31)24-14-8-15(27-3)10-16(9-14)28-4/h7-10,17H,11H2,1-6H3,(H3,21,22,23,24,25,26,31). The number of nitrogens with zero attached hydrogens (tertiary/aromatic N) is 3. The van der Waals surface area contributed by atoms with Crippen molar-refractivity contribution in [3.8, 4) is 11.5 Å². The van der Waals surface area contributed by atoms with Gasteiger partial charge in [0.25, 0.3) is 0 Å². The van der Waals surface area contributed by atoms with Crippen LogP contribution < -0.4 is 25.4 Å². The number of aryl methyl sites for hydroxylation is 2. The van der Waals surface area contributed by atoms with Gasteiger partial charge in [-0.05, 0) is 32.1 Å². The van der Waals surface area contributed by atoms with Crippen LogP contribution in [0.2, 0.25) is 0 Å². The molecular weight excluding hydrogens is 420 g/mol. The van der Waals surface area contributed by atoms with Crippen molar-refractivity contribution >= 4 is 34.9 Å². The third-order valence-corrected chi connectivity index (χ3v) is 4.18. The molecular formula is C20H28N6O4S. The van der Waals surface area contributed by atoms with Crippen molar-refractivity contribution in [3.05, 3.63) is 35.7 Å². The summed E-state index contributed by atoms with van der Waals surface area (Å²) in [6.45, 7) is 4.00. The molecule has 0 radical (unpaired) electrons. The monoisotopic (exact) mass is 448 g/mol. The fourth-order valence-electron chi connectivity index (χ4n) is 2.56. The lowest BCUT2D eigenvalue weighted by atomic mass is 10.3. The van der Waals surface area contributed by atoms with E-state index in [1.807, 2.05) is 19.9 Å². The maximum Gasteiger partial charge on any atom is 0.229 e. The Hall–Kier alpha value is -3.02. The molecule has 0 saturated carbocycles. The second kappa shape index (κ2) is 12.0. The van der Waals surface area contributed by atoms with Crippen LogP contribution in [0.15, 0.2) is 29.3 Å². The summed E-state index contributed by atoms with van der Waals surface area (Å²) in [7, 11) is 6.24. The van der Waals surface area contributed by atoms with Gasteiger partial charge in [-0.15, -0.1) is 0 Å². The molecule has 1 aromatic heterocycles. The summed E-state index contributed by atoms with van der Waals surface area (Å²) < 4.78 is 21.0. The van der Waals surface area contributed by atoms with E-state index in [9.17, 15) is 0 Å². The number of aliphatic imine (C=N–C) groups is 1. The molecule has 0 spiro atoms. The number of hydrogen-bond donors (Lipinski definition) is 3. The molecule has 0 aliphatic rings. The molecule has 2 rings (SSSR count). The Morgan fingerprint density at radius 2 is 1.52 bits per heavy atom. The minimum Gasteiger partial charge on any atom is -0.497 e. The zero-order chi connectivity index (χ0) is 22.8. The van der Waals surface area contributed by atoms with E-state index in [2.05, 4.69) is 30.9 Å². The topological polar surface area (TPSA) is 111 Å². The number of nitrogens with one attached hydrogen (secondary N) is 3. The summed E-state index contributed by atoms with van der Waals surface area (Å²) in [5.74, 6) is 1.98. The van der Waals surface area contributed by atoms with Gasteiger partial charge in [-0.2, -0.15) is 0 Å². The maximum atomic E-state index is 5.45. The Balaban J connectivity index is 2.19. The first kappa shape index (κ1) is 24.3. The molecule has 10 nitrogen and oxygen atoms in total. The number of rotatable bonds is 8. The highest BCUT2D eigenvalue weighted by Gasteiger charge is 2.11. The van der Waals surface area contributed by atoms with E-state index < -0.39 is 6.29 Å². The number of benzene rings is 1. The number of hydrogen-bond acceptors (Lipinski definition) is 8. The van der Waals surface area contributed by atoms with Gasteiger partial charge < -0.3 is 29.6 Å². The van der Waals surface area contributed by atoms with Crippen molar-refractivity contribution in [1.29, 1.82) is 0 Å². The molecule has 0 atom stereocenters. The van der Waals surface area contributed by atoms with Gasteiger partial charge >= 0.3 is 0 Å². The summed E-state index contributed by atoms with van der Waals surface area (Å²) in [5.41, 5.74) is 2.33. The normalized spacial score (nSPS) is 11.3. The van der Waals surface area contributed by atoms with Crippen LogP contribution in [-0.4, -0.2) is 62.3 Å². The minimum absolute atomic E-state index is 0.225. The van der Waals surface area contributed by atoms with Crippen molar-refractivity contribution in [1.82, 2.24) is 15.3 Å². The Morgan fingerprint density at radius 3 is 2.03 bits per heavy atom. The zero-order valence-corrected chi connectivity index (χ0v) is 19.3. The fourth-order valence-corrected chi connectivity index (χ4v) is 2.77. The Kier molecular flexibility index (Phi) is 9.38. The zero-order valence-electron chi connectivity index (χ0n) is 18.5. The van der Waals surface area contributed by atoms with Crippen molar-refractivity contribution in [2.75, 3.05) is 45.6 Å². The lowest BCUT2D eigenvalue weighted by Gasteiger charge is -2.16. The minimum atomic E-state index is -0.511. The van der Waals surface area contributed by atoms with E-state index in [0.29, 0.717) is 29.1 Å². The van der Waals surface area contributed by atoms with Gasteiger partial charge in [0.15, 0.2) is 11.4 Å². The first-order valence-corrected chi connectivity index (χ1v) is 9.78. The van der Waals surface area contributed by atoms with Crippen LogP contribution in [0.25, 0.3) is 0 Å². The number of guanidine groups is 1. The molecule has 0 saturated heterocycles. The first-order valence-electron chi connectivity index (χ1n) is 9.37. The van der Waals surface area contributed by atoms with Gasteiger partial charge in [-0.1, -0.05) is 0 Å². The molecule has 31 heavy (non-hydrogen) atoms. The summed E-state index contributed by atoms with van der Waals surface area (Å²) in [4.78, 5) is 13.2. The van der Waals surface area contributed by atoms with Crippen LogP contribution >= 0.6 is 12.2 Å². The van der Waals surface area contributed by atoms with Crippen LogP contribution in [-0.2, 0) is 9.47 Å². The molecule has 1 heterocycles. The quantitative estimate of drug-likeness (QED) is 0.241. The molecule has 0 unspecified atom stereocenters. The summed E-state index contributed by atoms with van der Waals surface area (Å²) in [5, 5.41) is 9.44. The third kappa shape index (κ3) is 7.96. The third-order valence-electron chi connectivity index (χ3n) is 3.98. The van der Waals surface area contributed by atoms with E-state index in [-0.39, 0.29) is 11.7 Å². The molecule has 0 bridgehead atoms. The molecule has 0 fully saturated rings. The molecule has 0 aliphatic heterocycles. The summed E-state index contributed by atoms with van der Waals surface area (Å²) in [6.07, 6.45) is -0.511. The number of methoxy groups -OCH3 is 4. The van der Waals surface area contributed by atoms with E-state index in [1.54, 1.807) is 46.6 Å². The van der Waals surface area contributed by atoms with Crippen molar-refractivity contribution in [3.63, 3.8) is 0 Å². The largest absolute Gasteiger partial charge is 0.497 e. The second-order valence-electron chi connectivity index (χ2n) is 6.37. The molecule has 2 aromatic rings. The fraction of sp³-hybridized carbons (Fsp3) is 0.400. The lowest BCUT2D eigenvalue weighted by Crippen LogP contribution is -2.40. The van der Waals surface area contributed by atoms with Crippen LogP contribution in [0.3, 0.4) is 0 Å². The highest BCUT2D eigenvalue weighted by atomic mass is 32.1. The predicted octanol–water partition coefficient (Wildman–Crippen LogP) is 2.48. The van der Waals surface area contributed by atoms with Gasteiger partial charge in [-0.25, -0.2) is 15.0 Å². The van der Waals surface area contributed by atoms with Crippen LogP contribution in [0.1, 0.15) is 11.4 Å². The van der Waals surface area contributed by atoms with Crippen molar-refractivity contribution < 1.29 is 18.9 Å². The van der Waals surface area contributed by atoms with E-state index in [1.165, 1.54) is 0 Å². The average Bonchev–Trinajstić information content (AvgIpc) is 2.73. The Labute approximate surface area is 187 Å². The van der Waals surface area contributed by atoms with E-state index >= 15 is 0 Å². The number of anilines is 2. The van der Waals surface area contributed by atoms with Crippen molar-refractivity contribution in [2.24, 2.45) is 4.99 Å². The van der Waals surface area contributed by atoms with E-state index in [4.69, 9.17) is 31.2 Å². The molecule has 1 aromatic carbocycles. The molecule has 0 aliphatic carbocycles. The smallest absolute Gasteiger partial charge is 0.229 e. The molecule has 0 amide bonds. The Morgan fingerprint density at radius 1 is 0.935 bits per heavy atom. The van der Waals surface area contributed by atoms with Gasteiger partial charge in [0.1, 0.15) is 11.5 Å². The summed E-state index contributed by atoms with van der Waals surface area (Å²) >= 11 is 5.45. The SMILES string of the molecule is COc1cc(NC(=S)NC(=NCC(OC)OC)Nc2nc(C)cc(C)n2)cc(OC)c1. The van der Waals surface area contributed by atoms with Crippen LogP contribution in [0.4, 0.5) is 11.6 Å². The van der Waals surface area contributed by atoms with Crippen LogP contribution in [0.5, 0.6) is 11.5 Å². The maximum absolute atomic E-state index is 5.45. The average molecular weight is 449 g/mol. The van der Waals surface area contributed by atoms with Gasteiger partial charge in [0, 0.05) is 49.5 Å². The number of thiocarbonyl (C=S) groups is 1. The van der Waals surface area contributed by atoms with Crippen molar-refractivity contribution in [2.45, 2.75) is 20.1 Å². The molecule has 3 N–H and O–H groups in total. The lowest BCUT2D eigenvalue weighted by molar-refractivity contribution is -0.0937. The van der Waals surface area contributed by atoms with E-state index in [0.717, 1.165) is 11.4 Å². The van der Waals surface area contributed by atoms with Crippen LogP contribution in [0, 0.1) is 13.8 Å². The van der Waals surface area contributed by atoms with Gasteiger partial charge in [0.2, 0.25) is 11.9 Å². The van der Waals surface area contributed by atoms with Gasteiger partial charge in [-0.3, -0.25) is 5.32 Å². The molecule has 168 valence electrons. The van der Waals surface area contributed by atoms with Gasteiger partial charge in [0.05, 0.1) is 20.8 Å². The number of ether oxygens (including phenoxy) is 4. The molecule has 11 heteroatoms. The first-order chi connectivity index (χ1) is 14.9. The highest BCUT2D eigenvalue weighted by molar-refractivity contribution is 7.80. The highest BCUT2D eigenvalue weighted by Crippen LogP contribution is 2.25. The Bertz CT molecular complexity index is 878. The second-order valence-corrected chi connectivity index (χ2v) is 6.78. The number of aromatic nitrogens is 2. The predicted molar refractivity (Wildman–Crippen MR) is 124 cm³/mol.